The molecular weight excluding hydrogens is 446 g/mol. The molecular formula is C23H23N3O6S. The molecule has 172 valence electrons. The highest BCUT2D eigenvalue weighted by atomic mass is 32.2. The van der Waals surface area contributed by atoms with E-state index in [4.69, 9.17) is 14.5 Å². The maximum absolute atomic E-state index is 13.4. The van der Waals surface area contributed by atoms with E-state index in [0.717, 1.165) is 18.4 Å². The Hall–Kier alpha value is -3.24. The molecule has 0 spiro atoms. The quantitative estimate of drug-likeness (QED) is 0.167. The van der Waals surface area contributed by atoms with E-state index in [1.54, 1.807) is 28.8 Å². The zero-order valence-electron chi connectivity index (χ0n) is 18.2. The van der Waals surface area contributed by atoms with Gasteiger partial charge < -0.3 is 9.47 Å². The number of carbonyl (C=O) groups excluding carboxylic acids is 1. The number of methoxy groups -OCH3 is 1. The Morgan fingerprint density at radius 1 is 1.36 bits per heavy atom. The summed E-state index contributed by atoms with van der Waals surface area (Å²) in [6, 6.07) is 11.1. The van der Waals surface area contributed by atoms with Crippen molar-refractivity contribution < 1.29 is 19.2 Å². The Kier molecular flexibility index (Phi) is 6.75. The number of hydrogen-bond acceptors (Lipinski definition) is 8. The molecule has 1 aliphatic rings. The van der Waals surface area contributed by atoms with Crippen LogP contribution in [0.3, 0.4) is 0 Å². The van der Waals surface area contributed by atoms with Crippen LogP contribution >= 0.6 is 11.8 Å². The summed E-state index contributed by atoms with van der Waals surface area (Å²) in [5, 5.41) is 11.8. The van der Waals surface area contributed by atoms with Crippen molar-refractivity contribution in [3.63, 3.8) is 0 Å². The molecule has 9 nitrogen and oxygen atoms in total. The van der Waals surface area contributed by atoms with Crippen LogP contribution in [0.1, 0.15) is 40.9 Å². The van der Waals surface area contributed by atoms with Crippen molar-refractivity contribution >= 4 is 34.3 Å². The highest BCUT2D eigenvalue weighted by Gasteiger charge is 2.22. The first-order chi connectivity index (χ1) is 15.9. The SMILES string of the molecule is COC(=O)c1ccc2c(=O)n(C[C@H]3CCCO3)c(S[C@@H](C)c3cccc([N+](=O)[O-])c3)nc2c1. The van der Waals surface area contributed by atoms with Crippen LogP contribution in [0.25, 0.3) is 10.9 Å². The van der Waals surface area contributed by atoms with E-state index < -0.39 is 10.9 Å². The topological polar surface area (TPSA) is 114 Å². The molecule has 0 bridgehead atoms. The fourth-order valence-electron chi connectivity index (χ4n) is 3.81. The first-order valence-corrected chi connectivity index (χ1v) is 11.4. The molecule has 2 atom stereocenters. The van der Waals surface area contributed by atoms with Crippen molar-refractivity contribution in [2.24, 2.45) is 0 Å². The summed E-state index contributed by atoms with van der Waals surface area (Å²) < 4.78 is 12.1. The number of nitrogens with zero attached hydrogens (tertiary/aromatic N) is 3. The van der Waals surface area contributed by atoms with E-state index in [2.05, 4.69) is 0 Å². The van der Waals surface area contributed by atoms with Gasteiger partial charge in [0.05, 0.1) is 41.1 Å². The number of rotatable bonds is 7. The molecule has 0 radical (unpaired) electrons. The van der Waals surface area contributed by atoms with Crippen LogP contribution < -0.4 is 5.56 Å². The molecule has 1 saturated heterocycles. The number of hydrogen-bond donors (Lipinski definition) is 0. The number of carbonyl (C=O) groups is 1. The minimum absolute atomic E-state index is 0.00545. The third-order valence-electron chi connectivity index (χ3n) is 5.58. The molecule has 3 aromatic rings. The summed E-state index contributed by atoms with van der Waals surface area (Å²) in [6.07, 6.45) is 1.72. The fourth-order valence-corrected chi connectivity index (χ4v) is 4.84. The Balaban J connectivity index is 1.77. The zero-order chi connectivity index (χ0) is 23.5. The molecule has 0 N–H and O–H groups in total. The average molecular weight is 470 g/mol. The number of fused-ring (bicyclic) bond motifs is 1. The van der Waals surface area contributed by atoms with Crippen LogP contribution in [0.5, 0.6) is 0 Å². The van der Waals surface area contributed by atoms with Gasteiger partial charge in [-0.3, -0.25) is 19.5 Å². The van der Waals surface area contributed by atoms with E-state index in [1.807, 2.05) is 13.0 Å². The number of benzene rings is 2. The number of esters is 1. The number of thioether (sulfide) groups is 1. The Morgan fingerprint density at radius 2 is 2.18 bits per heavy atom. The third-order valence-corrected chi connectivity index (χ3v) is 6.73. The molecule has 4 rings (SSSR count). The monoisotopic (exact) mass is 469 g/mol. The second kappa shape index (κ2) is 9.72. The van der Waals surface area contributed by atoms with Crippen LogP contribution in [0.2, 0.25) is 0 Å². The maximum atomic E-state index is 13.4. The summed E-state index contributed by atoms with van der Waals surface area (Å²) in [6.45, 7) is 2.93. The maximum Gasteiger partial charge on any atom is 0.337 e. The van der Waals surface area contributed by atoms with Crippen molar-refractivity contribution in [1.82, 2.24) is 9.55 Å². The van der Waals surface area contributed by atoms with E-state index in [0.29, 0.717) is 34.8 Å². The van der Waals surface area contributed by atoms with E-state index in [-0.39, 0.29) is 22.6 Å². The number of ether oxygens (including phenoxy) is 2. The van der Waals surface area contributed by atoms with Gasteiger partial charge in [0, 0.05) is 24.0 Å². The van der Waals surface area contributed by atoms with E-state index >= 15 is 0 Å². The molecule has 0 saturated carbocycles. The highest BCUT2D eigenvalue weighted by Crippen LogP contribution is 2.35. The summed E-state index contributed by atoms with van der Waals surface area (Å²) >= 11 is 1.33. The lowest BCUT2D eigenvalue weighted by atomic mass is 10.1. The molecule has 0 aliphatic carbocycles. The summed E-state index contributed by atoms with van der Waals surface area (Å²) in [5.41, 5.74) is 1.22. The number of aromatic nitrogens is 2. The Morgan fingerprint density at radius 3 is 2.88 bits per heavy atom. The van der Waals surface area contributed by atoms with E-state index in [1.165, 1.54) is 31.0 Å². The average Bonchev–Trinajstić information content (AvgIpc) is 3.34. The molecule has 2 heterocycles. The Labute approximate surface area is 193 Å². The number of non-ortho nitro benzene ring substituents is 1. The van der Waals surface area contributed by atoms with Gasteiger partial charge in [0.2, 0.25) is 0 Å². The highest BCUT2D eigenvalue weighted by molar-refractivity contribution is 7.99. The van der Waals surface area contributed by atoms with Gasteiger partial charge in [-0.25, -0.2) is 9.78 Å². The summed E-state index contributed by atoms with van der Waals surface area (Å²) in [4.78, 5) is 40.8. The van der Waals surface area contributed by atoms with Crippen molar-refractivity contribution in [2.75, 3.05) is 13.7 Å². The minimum atomic E-state index is -0.513. The fraction of sp³-hybridized carbons (Fsp3) is 0.348. The molecule has 10 heteroatoms. The molecule has 33 heavy (non-hydrogen) atoms. The van der Waals surface area contributed by atoms with Crippen LogP contribution in [0.15, 0.2) is 52.4 Å². The number of nitro benzene ring substituents is 1. The predicted octanol–water partition coefficient (Wildman–Crippen LogP) is 4.12. The molecule has 2 aromatic carbocycles. The van der Waals surface area contributed by atoms with Crippen LogP contribution in [0, 0.1) is 10.1 Å². The van der Waals surface area contributed by atoms with E-state index in [9.17, 15) is 19.7 Å². The third kappa shape index (κ3) is 4.91. The van der Waals surface area contributed by atoms with Crippen LogP contribution in [-0.2, 0) is 16.0 Å². The summed E-state index contributed by atoms with van der Waals surface area (Å²) in [7, 11) is 1.29. The van der Waals surface area contributed by atoms with Gasteiger partial charge in [-0.1, -0.05) is 23.9 Å². The molecule has 1 aromatic heterocycles. The largest absolute Gasteiger partial charge is 0.465 e. The predicted molar refractivity (Wildman–Crippen MR) is 124 cm³/mol. The lowest BCUT2D eigenvalue weighted by Crippen LogP contribution is -2.29. The lowest BCUT2D eigenvalue weighted by molar-refractivity contribution is -0.384. The van der Waals surface area contributed by atoms with Crippen molar-refractivity contribution in [3.8, 4) is 0 Å². The second-order valence-corrected chi connectivity index (χ2v) is 9.09. The van der Waals surface area contributed by atoms with Crippen molar-refractivity contribution in [1.29, 1.82) is 0 Å². The normalized spacial score (nSPS) is 16.6. The van der Waals surface area contributed by atoms with Crippen molar-refractivity contribution in [2.45, 2.75) is 42.8 Å². The first kappa shape index (κ1) is 22.9. The van der Waals surface area contributed by atoms with Crippen LogP contribution in [-0.4, -0.2) is 40.3 Å². The molecule has 1 fully saturated rings. The number of nitro groups is 1. The first-order valence-electron chi connectivity index (χ1n) is 10.5. The van der Waals surface area contributed by atoms with Crippen molar-refractivity contribution in [3.05, 3.63) is 74.1 Å². The van der Waals surface area contributed by atoms with Gasteiger partial charge in [-0.2, -0.15) is 0 Å². The minimum Gasteiger partial charge on any atom is -0.465 e. The van der Waals surface area contributed by atoms with Gasteiger partial charge in [0.15, 0.2) is 5.16 Å². The molecule has 0 amide bonds. The van der Waals surface area contributed by atoms with Gasteiger partial charge in [0.25, 0.3) is 11.2 Å². The van der Waals surface area contributed by atoms with Gasteiger partial charge in [0.1, 0.15) is 0 Å². The van der Waals surface area contributed by atoms with Gasteiger partial charge in [-0.05, 0) is 43.5 Å². The summed E-state index contributed by atoms with van der Waals surface area (Å²) in [5.74, 6) is -0.513. The smallest absolute Gasteiger partial charge is 0.337 e. The van der Waals surface area contributed by atoms with Crippen LogP contribution in [0.4, 0.5) is 5.69 Å². The lowest BCUT2D eigenvalue weighted by Gasteiger charge is -2.19. The molecule has 1 aliphatic heterocycles. The Bertz CT molecular complexity index is 1270. The zero-order valence-corrected chi connectivity index (χ0v) is 19.0. The standard InChI is InChI=1S/C23H23N3O6S/c1-14(15-5-3-6-17(11-15)26(29)30)33-23-24-20-12-16(22(28)31-2)8-9-19(20)21(27)25(23)13-18-7-4-10-32-18/h3,5-6,8-9,11-12,14,18H,4,7,10,13H2,1-2H3/t14-,18+/m0/s1. The second-order valence-electron chi connectivity index (χ2n) is 7.78. The van der Waals surface area contributed by atoms with Gasteiger partial charge >= 0.3 is 5.97 Å². The van der Waals surface area contributed by atoms with Gasteiger partial charge in [-0.15, -0.1) is 0 Å². The molecule has 0 unspecified atom stereocenters.